The number of benzene rings is 2. The SMILES string of the molecule is CCOc1c(Br)cc(N)cc1Br.Nc1cc(Br)c(O)c(Br)c1. The van der Waals surface area contributed by atoms with Crippen molar-refractivity contribution in [2.24, 2.45) is 0 Å². The first-order valence-corrected chi connectivity index (χ1v) is 9.24. The van der Waals surface area contributed by atoms with Crippen molar-refractivity contribution in [2.75, 3.05) is 18.1 Å². The number of phenolic OH excluding ortho intramolecular Hbond substituents is 1. The van der Waals surface area contributed by atoms with Crippen LogP contribution in [0.3, 0.4) is 0 Å². The number of hydrogen-bond acceptors (Lipinski definition) is 4. The molecule has 22 heavy (non-hydrogen) atoms. The van der Waals surface area contributed by atoms with E-state index in [4.69, 9.17) is 16.2 Å². The number of phenols is 1. The molecule has 0 amide bonds. The lowest BCUT2D eigenvalue weighted by Gasteiger charge is -2.08. The molecular formula is C14H14Br4N2O2. The quantitative estimate of drug-likeness (QED) is 0.325. The molecule has 0 aliphatic carbocycles. The van der Waals surface area contributed by atoms with Gasteiger partial charge in [-0.05, 0) is 94.9 Å². The number of rotatable bonds is 2. The molecule has 0 saturated carbocycles. The zero-order valence-corrected chi connectivity index (χ0v) is 17.9. The highest BCUT2D eigenvalue weighted by molar-refractivity contribution is 9.11. The second-order valence-corrected chi connectivity index (χ2v) is 7.50. The summed E-state index contributed by atoms with van der Waals surface area (Å²) in [7, 11) is 0. The number of nitrogens with two attached hydrogens (primary N) is 2. The molecule has 0 heterocycles. The normalized spacial score (nSPS) is 9.86. The lowest BCUT2D eigenvalue weighted by atomic mass is 10.3. The van der Waals surface area contributed by atoms with Crippen molar-refractivity contribution in [3.05, 3.63) is 42.2 Å². The van der Waals surface area contributed by atoms with E-state index in [1.807, 2.05) is 19.1 Å². The first-order valence-electron chi connectivity index (χ1n) is 6.07. The second-order valence-electron chi connectivity index (χ2n) is 4.08. The molecule has 0 fully saturated rings. The lowest BCUT2D eigenvalue weighted by Crippen LogP contribution is -1.95. The molecule has 0 spiro atoms. The smallest absolute Gasteiger partial charge is 0.147 e. The summed E-state index contributed by atoms with van der Waals surface area (Å²) in [5.41, 5.74) is 12.4. The Morgan fingerprint density at radius 1 is 0.864 bits per heavy atom. The zero-order chi connectivity index (χ0) is 16.9. The molecule has 0 aliphatic rings. The molecule has 0 saturated heterocycles. The van der Waals surface area contributed by atoms with Crippen LogP contribution in [0.5, 0.6) is 11.5 Å². The zero-order valence-electron chi connectivity index (χ0n) is 11.5. The largest absolute Gasteiger partial charge is 0.506 e. The highest BCUT2D eigenvalue weighted by Gasteiger charge is 2.06. The summed E-state index contributed by atoms with van der Waals surface area (Å²) in [5, 5.41) is 9.18. The van der Waals surface area contributed by atoms with Gasteiger partial charge in [0, 0.05) is 11.4 Å². The summed E-state index contributed by atoms with van der Waals surface area (Å²) in [6.07, 6.45) is 0. The second kappa shape index (κ2) is 9.00. The highest BCUT2D eigenvalue weighted by Crippen LogP contribution is 2.35. The number of hydrogen-bond donors (Lipinski definition) is 3. The lowest BCUT2D eigenvalue weighted by molar-refractivity contribution is 0.336. The van der Waals surface area contributed by atoms with Crippen molar-refractivity contribution in [3.8, 4) is 11.5 Å². The molecule has 2 aromatic rings. The topological polar surface area (TPSA) is 81.5 Å². The van der Waals surface area contributed by atoms with Crippen molar-refractivity contribution in [1.82, 2.24) is 0 Å². The van der Waals surface area contributed by atoms with Crippen LogP contribution in [0, 0.1) is 0 Å². The third kappa shape index (κ3) is 5.64. The van der Waals surface area contributed by atoms with Crippen LogP contribution in [0.4, 0.5) is 11.4 Å². The van der Waals surface area contributed by atoms with Crippen LogP contribution in [-0.2, 0) is 0 Å². The van der Waals surface area contributed by atoms with Crippen molar-refractivity contribution >= 4 is 75.1 Å². The molecule has 120 valence electrons. The Balaban J connectivity index is 0.000000224. The molecule has 0 radical (unpaired) electrons. The Morgan fingerprint density at radius 2 is 1.23 bits per heavy atom. The van der Waals surface area contributed by atoms with Crippen LogP contribution in [0.15, 0.2) is 42.2 Å². The van der Waals surface area contributed by atoms with E-state index in [0.717, 1.165) is 14.7 Å². The summed E-state index contributed by atoms with van der Waals surface area (Å²) in [5.74, 6) is 0.973. The number of aromatic hydroxyl groups is 1. The van der Waals surface area contributed by atoms with Crippen molar-refractivity contribution < 1.29 is 9.84 Å². The van der Waals surface area contributed by atoms with Crippen molar-refractivity contribution in [3.63, 3.8) is 0 Å². The fourth-order valence-electron chi connectivity index (χ4n) is 1.45. The summed E-state index contributed by atoms with van der Waals surface area (Å²) in [6.45, 7) is 2.58. The molecular weight excluding hydrogens is 548 g/mol. The average Bonchev–Trinajstić information content (AvgIpc) is 2.40. The minimum Gasteiger partial charge on any atom is -0.506 e. The summed E-state index contributed by atoms with van der Waals surface area (Å²) in [4.78, 5) is 0. The first kappa shape index (κ1) is 19.6. The van der Waals surface area contributed by atoms with E-state index in [9.17, 15) is 5.11 Å². The molecule has 5 N–H and O–H groups in total. The monoisotopic (exact) mass is 558 g/mol. The van der Waals surface area contributed by atoms with E-state index >= 15 is 0 Å². The van der Waals surface area contributed by atoms with Crippen LogP contribution < -0.4 is 16.2 Å². The number of halogens is 4. The highest BCUT2D eigenvalue weighted by atomic mass is 79.9. The molecule has 4 nitrogen and oxygen atoms in total. The van der Waals surface area contributed by atoms with E-state index in [1.165, 1.54) is 0 Å². The Hall–Kier alpha value is -0.440. The van der Waals surface area contributed by atoms with Gasteiger partial charge in [-0.1, -0.05) is 0 Å². The average molecular weight is 562 g/mol. The standard InChI is InChI=1S/C8H9Br2NO.C6H5Br2NO/c1-2-12-8-6(9)3-5(11)4-7(8)10;7-4-1-3(9)2-5(8)6(4)10/h3-4H,2,11H2,1H3;1-2,10H,9H2. The Morgan fingerprint density at radius 3 is 1.59 bits per heavy atom. The predicted octanol–water partition coefficient (Wildman–Crippen LogP) is 5.69. The van der Waals surface area contributed by atoms with Gasteiger partial charge in [0.15, 0.2) is 0 Å². The molecule has 8 heteroatoms. The van der Waals surface area contributed by atoms with E-state index < -0.39 is 0 Å². The number of ether oxygens (including phenoxy) is 1. The van der Waals surface area contributed by atoms with Gasteiger partial charge in [-0.15, -0.1) is 0 Å². The maximum absolute atomic E-state index is 9.18. The van der Waals surface area contributed by atoms with Crippen molar-refractivity contribution in [2.45, 2.75) is 6.92 Å². The number of anilines is 2. The third-order valence-electron chi connectivity index (χ3n) is 2.35. The van der Waals surface area contributed by atoms with E-state index in [-0.39, 0.29) is 5.75 Å². The van der Waals surface area contributed by atoms with Gasteiger partial charge in [-0.2, -0.15) is 0 Å². The number of nitrogen functional groups attached to an aromatic ring is 2. The van der Waals surface area contributed by atoms with Gasteiger partial charge < -0.3 is 21.3 Å². The molecule has 0 atom stereocenters. The van der Waals surface area contributed by atoms with Gasteiger partial charge in [0.1, 0.15) is 11.5 Å². The van der Waals surface area contributed by atoms with Gasteiger partial charge >= 0.3 is 0 Å². The van der Waals surface area contributed by atoms with E-state index in [2.05, 4.69) is 63.7 Å². The van der Waals surface area contributed by atoms with Crippen LogP contribution in [0.2, 0.25) is 0 Å². The van der Waals surface area contributed by atoms with Gasteiger partial charge in [0.25, 0.3) is 0 Å². The van der Waals surface area contributed by atoms with Gasteiger partial charge in [0.2, 0.25) is 0 Å². The van der Waals surface area contributed by atoms with Crippen LogP contribution in [0.1, 0.15) is 6.92 Å². The molecule has 0 bridgehead atoms. The van der Waals surface area contributed by atoms with Crippen LogP contribution in [-0.4, -0.2) is 11.7 Å². The maximum atomic E-state index is 9.18. The Kier molecular flexibility index (Phi) is 8.02. The molecule has 0 aromatic heterocycles. The minimum atomic E-state index is 0.175. The van der Waals surface area contributed by atoms with E-state index in [0.29, 0.717) is 26.9 Å². The first-order chi connectivity index (χ1) is 10.3. The van der Waals surface area contributed by atoms with Crippen LogP contribution in [0.25, 0.3) is 0 Å². The molecule has 2 rings (SSSR count). The van der Waals surface area contributed by atoms with E-state index in [1.54, 1.807) is 12.1 Å². The molecule has 0 unspecified atom stereocenters. The van der Waals surface area contributed by atoms with Gasteiger partial charge in [-0.25, -0.2) is 0 Å². The fourth-order valence-corrected chi connectivity index (χ4v) is 4.12. The summed E-state index contributed by atoms with van der Waals surface area (Å²) in [6, 6.07) is 6.91. The van der Waals surface area contributed by atoms with Crippen LogP contribution >= 0.6 is 63.7 Å². The minimum absolute atomic E-state index is 0.175. The maximum Gasteiger partial charge on any atom is 0.147 e. The summed E-state index contributed by atoms with van der Waals surface area (Å²) < 4.78 is 8.31. The summed E-state index contributed by atoms with van der Waals surface area (Å²) >= 11 is 13.0. The predicted molar refractivity (Wildman–Crippen MR) is 105 cm³/mol. The van der Waals surface area contributed by atoms with Crippen molar-refractivity contribution in [1.29, 1.82) is 0 Å². The third-order valence-corrected chi connectivity index (χ3v) is 4.74. The molecule has 0 aliphatic heterocycles. The Labute approximate surface area is 162 Å². The van der Waals surface area contributed by atoms with Gasteiger partial charge in [0.05, 0.1) is 24.5 Å². The van der Waals surface area contributed by atoms with Gasteiger partial charge in [-0.3, -0.25) is 0 Å². The fraction of sp³-hybridized carbons (Fsp3) is 0.143. The molecule has 2 aromatic carbocycles. The Bertz CT molecular complexity index is 619.